The van der Waals surface area contributed by atoms with Gasteiger partial charge in [0.2, 0.25) is 0 Å². The van der Waals surface area contributed by atoms with Crippen molar-refractivity contribution in [2.75, 3.05) is 18.0 Å². The van der Waals surface area contributed by atoms with Gasteiger partial charge in [0.05, 0.1) is 7.85 Å². The highest BCUT2D eigenvalue weighted by atomic mass is 15.1. The fraction of sp³-hybridized carbons (Fsp3) is 0.647. The van der Waals surface area contributed by atoms with Gasteiger partial charge in [0.1, 0.15) is 0 Å². The van der Waals surface area contributed by atoms with Crippen molar-refractivity contribution in [3.8, 4) is 0 Å². The van der Waals surface area contributed by atoms with Crippen LogP contribution in [0.5, 0.6) is 0 Å². The van der Waals surface area contributed by atoms with Gasteiger partial charge in [-0.15, -0.1) is 0 Å². The molecule has 2 heteroatoms. The third-order valence-electron chi connectivity index (χ3n) is 5.14. The van der Waals surface area contributed by atoms with Crippen molar-refractivity contribution in [1.82, 2.24) is 0 Å². The molecule has 0 amide bonds. The van der Waals surface area contributed by atoms with Crippen molar-refractivity contribution in [3.63, 3.8) is 0 Å². The average Bonchev–Trinajstić information content (AvgIpc) is 2.49. The van der Waals surface area contributed by atoms with Crippen LogP contribution in [0, 0.1) is 11.8 Å². The second-order valence-corrected chi connectivity index (χ2v) is 6.33. The molecule has 0 spiro atoms. The maximum Gasteiger partial charge on any atom is 0.0699 e. The van der Waals surface area contributed by atoms with Crippen molar-refractivity contribution in [3.05, 3.63) is 30.3 Å². The summed E-state index contributed by atoms with van der Waals surface area (Å²) in [4.78, 5) is 2.55. The van der Waals surface area contributed by atoms with Gasteiger partial charge in [-0.05, 0) is 36.8 Å². The molecule has 1 aromatic rings. The maximum absolute atomic E-state index is 6.02. The molecule has 1 aliphatic carbocycles. The molecule has 1 saturated carbocycles. The van der Waals surface area contributed by atoms with Crippen LogP contribution < -0.4 is 4.90 Å². The van der Waals surface area contributed by atoms with Crippen LogP contribution in [0.4, 0.5) is 5.69 Å². The van der Waals surface area contributed by atoms with E-state index >= 15 is 0 Å². The molecule has 2 radical (unpaired) electrons. The number of anilines is 1. The quantitative estimate of drug-likeness (QED) is 0.719. The van der Waals surface area contributed by atoms with E-state index in [2.05, 4.69) is 35.2 Å². The van der Waals surface area contributed by atoms with E-state index < -0.39 is 0 Å². The molecule has 2 fully saturated rings. The second kappa shape index (κ2) is 6.03. The topological polar surface area (TPSA) is 3.24 Å². The smallest absolute Gasteiger partial charge is 0.0699 e. The van der Waals surface area contributed by atoms with Crippen LogP contribution in [0.15, 0.2) is 30.3 Å². The standard InChI is InChI=1S/C17H24BN/c18-16-8-6-14(7-9-16)15-10-12-19(13-11-15)17-4-2-1-3-5-17/h1-5,14-16H,6-13H2. The third-order valence-corrected chi connectivity index (χ3v) is 5.14. The number of hydrogen-bond acceptors (Lipinski definition) is 1. The van der Waals surface area contributed by atoms with Gasteiger partial charge in [-0.3, -0.25) is 0 Å². The molecule has 1 nitrogen and oxygen atoms in total. The number of para-hydroxylation sites is 1. The van der Waals surface area contributed by atoms with E-state index in [1.165, 1.54) is 57.3 Å². The minimum Gasteiger partial charge on any atom is -0.372 e. The van der Waals surface area contributed by atoms with E-state index in [-0.39, 0.29) is 0 Å². The minimum atomic E-state index is 0.487. The number of piperidine rings is 1. The summed E-state index contributed by atoms with van der Waals surface area (Å²) in [5.74, 6) is 2.39. The van der Waals surface area contributed by atoms with Gasteiger partial charge in [0, 0.05) is 18.8 Å². The van der Waals surface area contributed by atoms with E-state index in [1.54, 1.807) is 0 Å². The summed E-state index contributed by atoms with van der Waals surface area (Å²) in [6.45, 7) is 2.47. The lowest BCUT2D eigenvalue weighted by atomic mass is 9.67. The molecule has 0 unspecified atom stereocenters. The summed E-state index contributed by atoms with van der Waals surface area (Å²) in [6, 6.07) is 10.9. The van der Waals surface area contributed by atoms with Gasteiger partial charge in [0.15, 0.2) is 0 Å². The summed E-state index contributed by atoms with van der Waals surface area (Å²) in [5, 5.41) is 0. The monoisotopic (exact) mass is 253 g/mol. The zero-order valence-electron chi connectivity index (χ0n) is 11.8. The summed E-state index contributed by atoms with van der Waals surface area (Å²) >= 11 is 0. The Morgan fingerprint density at radius 2 is 1.37 bits per heavy atom. The van der Waals surface area contributed by atoms with Crippen molar-refractivity contribution < 1.29 is 0 Å². The second-order valence-electron chi connectivity index (χ2n) is 6.33. The Labute approximate surface area is 118 Å². The Morgan fingerprint density at radius 3 is 2.00 bits per heavy atom. The van der Waals surface area contributed by atoms with E-state index in [1.807, 2.05) is 0 Å². The molecule has 1 aliphatic heterocycles. The van der Waals surface area contributed by atoms with Gasteiger partial charge < -0.3 is 4.90 Å². The molecular formula is C17H24BN. The fourth-order valence-electron chi connectivity index (χ4n) is 3.88. The van der Waals surface area contributed by atoms with E-state index in [0.717, 1.165) is 11.8 Å². The molecule has 0 bridgehead atoms. The summed E-state index contributed by atoms with van der Waals surface area (Å²) in [7, 11) is 6.02. The molecule has 0 aromatic heterocycles. The van der Waals surface area contributed by atoms with Crippen LogP contribution >= 0.6 is 0 Å². The van der Waals surface area contributed by atoms with Crippen molar-refractivity contribution in [2.45, 2.75) is 44.3 Å². The molecule has 1 aromatic carbocycles. The molecule has 100 valence electrons. The van der Waals surface area contributed by atoms with Gasteiger partial charge >= 0.3 is 0 Å². The van der Waals surface area contributed by atoms with Crippen molar-refractivity contribution in [2.24, 2.45) is 11.8 Å². The average molecular weight is 253 g/mol. The maximum atomic E-state index is 6.02. The molecule has 1 heterocycles. The predicted molar refractivity (Wildman–Crippen MR) is 82.8 cm³/mol. The van der Waals surface area contributed by atoms with E-state index in [9.17, 15) is 0 Å². The first-order valence-corrected chi connectivity index (χ1v) is 7.88. The van der Waals surface area contributed by atoms with Crippen LogP contribution in [0.1, 0.15) is 38.5 Å². The molecule has 1 saturated heterocycles. The molecule has 3 rings (SSSR count). The number of nitrogens with zero attached hydrogens (tertiary/aromatic N) is 1. The molecule has 2 aliphatic rings. The van der Waals surface area contributed by atoms with Crippen LogP contribution in [-0.2, 0) is 0 Å². The van der Waals surface area contributed by atoms with Crippen molar-refractivity contribution in [1.29, 1.82) is 0 Å². The Bertz CT molecular complexity index is 376. The largest absolute Gasteiger partial charge is 0.372 e. The fourth-order valence-corrected chi connectivity index (χ4v) is 3.88. The van der Waals surface area contributed by atoms with E-state index in [4.69, 9.17) is 7.85 Å². The normalized spacial score (nSPS) is 29.4. The Kier molecular flexibility index (Phi) is 4.15. The van der Waals surface area contributed by atoms with Gasteiger partial charge in [-0.1, -0.05) is 49.7 Å². The highest BCUT2D eigenvalue weighted by Crippen LogP contribution is 2.39. The van der Waals surface area contributed by atoms with E-state index in [0.29, 0.717) is 5.82 Å². The molecular weight excluding hydrogens is 229 g/mol. The number of hydrogen-bond donors (Lipinski definition) is 0. The molecule has 0 atom stereocenters. The Morgan fingerprint density at radius 1 is 0.789 bits per heavy atom. The summed E-state index contributed by atoms with van der Waals surface area (Å²) in [6.07, 6.45) is 7.99. The minimum absolute atomic E-state index is 0.487. The van der Waals surface area contributed by atoms with Gasteiger partial charge in [-0.25, -0.2) is 0 Å². The highest BCUT2D eigenvalue weighted by Gasteiger charge is 2.28. The number of rotatable bonds is 2. The lowest BCUT2D eigenvalue weighted by Gasteiger charge is -2.39. The summed E-state index contributed by atoms with van der Waals surface area (Å²) in [5.41, 5.74) is 1.40. The number of benzene rings is 1. The zero-order valence-corrected chi connectivity index (χ0v) is 11.8. The van der Waals surface area contributed by atoms with Crippen LogP contribution in [-0.4, -0.2) is 20.9 Å². The zero-order chi connectivity index (χ0) is 13.1. The predicted octanol–water partition coefficient (Wildman–Crippen LogP) is 4.05. The molecule has 0 N–H and O–H groups in total. The Hall–Kier alpha value is -0.915. The highest BCUT2D eigenvalue weighted by molar-refractivity contribution is 6.11. The Balaban J connectivity index is 1.52. The van der Waals surface area contributed by atoms with Gasteiger partial charge in [0.25, 0.3) is 0 Å². The van der Waals surface area contributed by atoms with Crippen LogP contribution in [0.3, 0.4) is 0 Å². The lowest BCUT2D eigenvalue weighted by molar-refractivity contribution is 0.213. The third kappa shape index (κ3) is 3.16. The first-order chi connectivity index (χ1) is 9.33. The van der Waals surface area contributed by atoms with Crippen LogP contribution in [0.2, 0.25) is 5.82 Å². The first-order valence-electron chi connectivity index (χ1n) is 7.88. The lowest BCUT2D eigenvalue weighted by Crippen LogP contribution is -2.36. The van der Waals surface area contributed by atoms with Crippen LogP contribution in [0.25, 0.3) is 0 Å². The van der Waals surface area contributed by atoms with Gasteiger partial charge in [-0.2, -0.15) is 0 Å². The summed E-state index contributed by atoms with van der Waals surface area (Å²) < 4.78 is 0. The van der Waals surface area contributed by atoms with Crippen molar-refractivity contribution >= 4 is 13.5 Å². The SMILES string of the molecule is [B]C1CCC(C2CCN(c3ccccc3)CC2)CC1. The first kappa shape index (κ1) is 13.1. The molecule has 19 heavy (non-hydrogen) atoms.